The van der Waals surface area contributed by atoms with Crippen molar-refractivity contribution in [1.29, 1.82) is 0 Å². The molecule has 4 heteroatoms. The Morgan fingerprint density at radius 3 is 2.60 bits per heavy atom. The van der Waals surface area contributed by atoms with Crippen LogP contribution >= 0.6 is 23.2 Å². The first-order valence-corrected chi connectivity index (χ1v) is 7.78. The summed E-state index contributed by atoms with van der Waals surface area (Å²) in [6, 6.07) is 3.29. The molecule has 0 saturated heterocycles. The van der Waals surface area contributed by atoms with E-state index in [4.69, 9.17) is 27.9 Å². The monoisotopic (exact) mass is 314 g/mol. The van der Waals surface area contributed by atoms with Crippen molar-refractivity contribution in [3.05, 3.63) is 27.7 Å². The van der Waals surface area contributed by atoms with Crippen molar-refractivity contribution in [2.75, 3.05) is 6.61 Å². The molecule has 1 aromatic carbocycles. The Hall–Kier alpha value is -0.730. The summed E-state index contributed by atoms with van der Waals surface area (Å²) in [6.07, 6.45) is 3.09. The minimum absolute atomic E-state index is 0.0222. The second kappa shape index (κ2) is 5.95. The number of Topliss-reactive ketones (excluding diaryl/α,β-unsaturated/α-hetero) is 1. The summed E-state index contributed by atoms with van der Waals surface area (Å²) in [5, 5.41) is 0.862. The molecule has 1 unspecified atom stereocenters. The van der Waals surface area contributed by atoms with Crippen molar-refractivity contribution in [1.82, 2.24) is 0 Å². The van der Waals surface area contributed by atoms with E-state index < -0.39 is 0 Å². The topological polar surface area (TPSA) is 26.3 Å². The highest BCUT2D eigenvalue weighted by atomic mass is 35.5. The van der Waals surface area contributed by atoms with Crippen LogP contribution in [0.5, 0.6) is 5.75 Å². The predicted octanol–water partition coefficient (Wildman–Crippen LogP) is 5.40. The summed E-state index contributed by atoms with van der Waals surface area (Å²) in [6.45, 7) is 6.68. The summed E-state index contributed by atoms with van der Waals surface area (Å²) >= 11 is 12.4. The van der Waals surface area contributed by atoms with Crippen LogP contribution in [0.15, 0.2) is 12.1 Å². The fraction of sp³-hybridized carbons (Fsp3) is 0.562. The molecule has 110 valence electrons. The zero-order chi connectivity index (χ0) is 14.9. The van der Waals surface area contributed by atoms with Crippen LogP contribution in [-0.4, -0.2) is 12.4 Å². The highest BCUT2D eigenvalue weighted by Gasteiger charge is 2.40. The van der Waals surface area contributed by atoms with Crippen LogP contribution in [0.4, 0.5) is 0 Å². The molecule has 2 rings (SSSR count). The lowest BCUT2D eigenvalue weighted by molar-refractivity contribution is 0.0839. The number of ketones is 1. The van der Waals surface area contributed by atoms with E-state index in [9.17, 15) is 4.79 Å². The van der Waals surface area contributed by atoms with E-state index in [0.29, 0.717) is 28.0 Å². The minimum Gasteiger partial charge on any atom is -0.492 e. The van der Waals surface area contributed by atoms with Gasteiger partial charge in [-0.15, -0.1) is 0 Å². The van der Waals surface area contributed by atoms with E-state index in [0.717, 1.165) is 19.3 Å². The first kappa shape index (κ1) is 15.7. The molecule has 1 fully saturated rings. The van der Waals surface area contributed by atoms with Gasteiger partial charge in [-0.05, 0) is 31.2 Å². The van der Waals surface area contributed by atoms with Crippen LogP contribution in [0.25, 0.3) is 0 Å². The Kier molecular flexibility index (Phi) is 4.66. The predicted molar refractivity (Wildman–Crippen MR) is 83.1 cm³/mol. The molecule has 20 heavy (non-hydrogen) atoms. The molecular weight excluding hydrogens is 295 g/mol. The molecule has 1 aliphatic carbocycles. The molecule has 1 atom stereocenters. The van der Waals surface area contributed by atoms with Crippen LogP contribution in [-0.2, 0) is 0 Å². The third-order valence-electron chi connectivity index (χ3n) is 4.16. The zero-order valence-electron chi connectivity index (χ0n) is 12.1. The molecule has 0 aliphatic heterocycles. The van der Waals surface area contributed by atoms with Gasteiger partial charge in [0.1, 0.15) is 5.75 Å². The number of carbonyl (C=O) groups is 1. The van der Waals surface area contributed by atoms with Crippen molar-refractivity contribution in [3.63, 3.8) is 0 Å². The maximum absolute atomic E-state index is 12.7. The smallest absolute Gasteiger partial charge is 0.168 e. The van der Waals surface area contributed by atoms with E-state index in [1.165, 1.54) is 0 Å². The summed E-state index contributed by atoms with van der Waals surface area (Å²) in [4.78, 5) is 12.7. The van der Waals surface area contributed by atoms with Gasteiger partial charge < -0.3 is 4.74 Å². The van der Waals surface area contributed by atoms with E-state index >= 15 is 0 Å². The summed E-state index contributed by atoms with van der Waals surface area (Å²) in [5.74, 6) is 0.651. The van der Waals surface area contributed by atoms with Gasteiger partial charge in [0.25, 0.3) is 0 Å². The molecular formula is C16H20Cl2O2. The van der Waals surface area contributed by atoms with Crippen molar-refractivity contribution in [2.45, 2.75) is 40.0 Å². The number of rotatable bonds is 4. The fourth-order valence-electron chi connectivity index (χ4n) is 2.98. The standard InChI is InChI=1S/C16H20Cl2O2/c1-4-20-14-9-12(17)10(8-13(14)18)15(19)11-6-5-7-16(11,2)3/h8-9,11H,4-7H2,1-3H3. The van der Waals surface area contributed by atoms with Gasteiger partial charge in [0, 0.05) is 17.5 Å². The van der Waals surface area contributed by atoms with Gasteiger partial charge in [-0.25, -0.2) is 0 Å². The molecule has 0 bridgehead atoms. The largest absolute Gasteiger partial charge is 0.492 e. The maximum Gasteiger partial charge on any atom is 0.168 e. The summed E-state index contributed by atoms with van der Waals surface area (Å²) < 4.78 is 5.39. The second-order valence-electron chi connectivity index (χ2n) is 5.99. The average Bonchev–Trinajstić information content (AvgIpc) is 2.72. The summed E-state index contributed by atoms with van der Waals surface area (Å²) in [7, 11) is 0. The molecule has 1 aromatic rings. The van der Waals surface area contributed by atoms with Crippen LogP contribution in [0.1, 0.15) is 50.4 Å². The van der Waals surface area contributed by atoms with Crippen molar-refractivity contribution in [2.24, 2.45) is 11.3 Å². The molecule has 1 aliphatic rings. The number of hydrogen-bond acceptors (Lipinski definition) is 2. The van der Waals surface area contributed by atoms with Gasteiger partial charge in [0.2, 0.25) is 0 Å². The maximum atomic E-state index is 12.7. The van der Waals surface area contributed by atoms with Gasteiger partial charge in [0.15, 0.2) is 5.78 Å². The third kappa shape index (κ3) is 2.96. The van der Waals surface area contributed by atoms with Crippen LogP contribution in [0, 0.1) is 11.3 Å². The van der Waals surface area contributed by atoms with Gasteiger partial charge in [-0.2, -0.15) is 0 Å². The quantitative estimate of drug-likeness (QED) is 0.695. The molecule has 0 radical (unpaired) electrons. The first-order chi connectivity index (χ1) is 9.36. The zero-order valence-corrected chi connectivity index (χ0v) is 13.6. The average molecular weight is 315 g/mol. The lowest BCUT2D eigenvalue weighted by atomic mass is 9.78. The number of ether oxygens (including phenoxy) is 1. The van der Waals surface area contributed by atoms with Gasteiger partial charge in [-0.1, -0.05) is 43.5 Å². The molecule has 0 aromatic heterocycles. The highest BCUT2D eigenvalue weighted by Crippen LogP contribution is 2.45. The Balaban J connectivity index is 2.33. The molecule has 0 N–H and O–H groups in total. The number of benzene rings is 1. The Morgan fingerprint density at radius 1 is 1.35 bits per heavy atom. The highest BCUT2D eigenvalue weighted by molar-refractivity contribution is 6.37. The second-order valence-corrected chi connectivity index (χ2v) is 6.81. The van der Waals surface area contributed by atoms with Gasteiger partial charge in [-0.3, -0.25) is 4.79 Å². The Morgan fingerprint density at radius 2 is 2.05 bits per heavy atom. The molecule has 2 nitrogen and oxygen atoms in total. The third-order valence-corrected chi connectivity index (χ3v) is 4.77. The lowest BCUT2D eigenvalue weighted by Gasteiger charge is -2.26. The van der Waals surface area contributed by atoms with E-state index in [-0.39, 0.29) is 17.1 Å². The van der Waals surface area contributed by atoms with Crippen molar-refractivity contribution >= 4 is 29.0 Å². The number of carbonyl (C=O) groups excluding carboxylic acids is 1. The van der Waals surface area contributed by atoms with Crippen LogP contribution in [0.3, 0.4) is 0 Å². The van der Waals surface area contributed by atoms with E-state index in [2.05, 4.69) is 13.8 Å². The minimum atomic E-state index is 0.0222. The van der Waals surface area contributed by atoms with Crippen molar-refractivity contribution in [3.8, 4) is 5.75 Å². The number of halogens is 2. The van der Waals surface area contributed by atoms with Crippen LogP contribution in [0.2, 0.25) is 10.0 Å². The van der Waals surface area contributed by atoms with E-state index in [1.807, 2.05) is 6.92 Å². The number of hydrogen-bond donors (Lipinski definition) is 0. The molecule has 0 spiro atoms. The lowest BCUT2D eigenvalue weighted by Crippen LogP contribution is -2.26. The Labute approximate surface area is 130 Å². The van der Waals surface area contributed by atoms with Crippen molar-refractivity contribution < 1.29 is 9.53 Å². The van der Waals surface area contributed by atoms with E-state index in [1.54, 1.807) is 12.1 Å². The summed E-state index contributed by atoms with van der Waals surface area (Å²) in [5.41, 5.74) is 0.547. The van der Waals surface area contributed by atoms with Gasteiger partial charge in [0.05, 0.1) is 16.7 Å². The molecule has 1 saturated carbocycles. The van der Waals surface area contributed by atoms with Gasteiger partial charge >= 0.3 is 0 Å². The normalized spacial score (nSPS) is 20.9. The molecule has 0 heterocycles. The fourth-order valence-corrected chi connectivity index (χ4v) is 3.45. The van der Waals surface area contributed by atoms with Crippen LogP contribution < -0.4 is 4.74 Å². The first-order valence-electron chi connectivity index (χ1n) is 7.03. The molecule has 0 amide bonds. The Bertz CT molecular complexity index is 523. The SMILES string of the molecule is CCOc1cc(Cl)c(C(=O)C2CCCC2(C)C)cc1Cl.